The Kier molecular flexibility index (Phi) is 3.61. The summed E-state index contributed by atoms with van der Waals surface area (Å²) in [7, 11) is 0. The van der Waals surface area contributed by atoms with E-state index >= 15 is 0 Å². The summed E-state index contributed by atoms with van der Waals surface area (Å²) < 4.78 is 0. The van der Waals surface area contributed by atoms with Crippen LogP contribution < -0.4 is 0 Å². The zero-order chi connectivity index (χ0) is 12.4. The standard InChI is InChI=1S/C17H26O/c18-16-12-14-8-6-4-2-1-3-5-7-10-17(13-14)11-9-15(16)17/h9,11-12,15-16,18H,1-8,10,13H2/t15-,16-,17-/m1/s1. The topological polar surface area (TPSA) is 20.2 Å². The number of allylic oxidation sites excluding steroid dienone is 2. The predicted octanol–water partition coefficient (Wildman–Crippen LogP) is 4.37. The first-order chi connectivity index (χ1) is 8.80. The lowest BCUT2D eigenvalue weighted by molar-refractivity contribution is 0.0614. The molecule has 0 amide bonds. The molecule has 0 heterocycles. The van der Waals surface area contributed by atoms with Crippen LogP contribution in [0.4, 0.5) is 0 Å². The summed E-state index contributed by atoms with van der Waals surface area (Å²) in [4.78, 5) is 0. The van der Waals surface area contributed by atoms with Gasteiger partial charge in [-0.2, -0.15) is 0 Å². The van der Waals surface area contributed by atoms with E-state index in [9.17, 15) is 5.11 Å². The molecule has 0 unspecified atom stereocenters. The largest absolute Gasteiger partial charge is 0.388 e. The van der Waals surface area contributed by atoms with Crippen LogP contribution in [0.1, 0.15) is 64.2 Å². The van der Waals surface area contributed by atoms with Crippen molar-refractivity contribution in [1.29, 1.82) is 0 Å². The van der Waals surface area contributed by atoms with Crippen LogP contribution in [-0.4, -0.2) is 11.2 Å². The number of fused-ring (bicyclic) bond motifs is 1. The lowest BCUT2D eigenvalue weighted by Crippen LogP contribution is -2.44. The maximum absolute atomic E-state index is 10.3. The van der Waals surface area contributed by atoms with E-state index in [1.165, 1.54) is 69.8 Å². The molecule has 1 spiro atoms. The van der Waals surface area contributed by atoms with E-state index in [0.717, 1.165) is 0 Å². The Bertz CT molecular complexity index is 355. The molecule has 0 aromatic carbocycles. The number of hydrogen-bond acceptors (Lipinski definition) is 1. The van der Waals surface area contributed by atoms with Crippen molar-refractivity contribution in [1.82, 2.24) is 0 Å². The van der Waals surface area contributed by atoms with Crippen molar-refractivity contribution >= 4 is 0 Å². The molecule has 1 nitrogen and oxygen atoms in total. The van der Waals surface area contributed by atoms with E-state index in [4.69, 9.17) is 0 Å². The number of aliphatic hydroxyl groups excluding tert-OH is 1. The van der Waals surface area contributed by atoms with Crippen molar-refractivity contribution in [2.75, 3.05) is 0 Å². The molecular weight excluding hydrogens is 220 g/mol. The Morgan fingerprint density at radius 3 is 2.44 bits per heavy atom. The van der Waals surface area contributed by atoms with E-state index in [1.807, 2.05) is 0 Å². The first-order valence-electron chi connectivity index (χ1n) is 7.87. The summed E-state index contributed by atoms with van der Waals surface area (Å²) >= 11 is 0. The molecular formula is C17H26O. The van der Waals surface area contributed by atoms with Gasteiger partial charge in [0, 0.05) is 11.3 Å². The Balaban J connectivity index is 1.74. The Morgan fingerprint density at radius 2 is 1.72 bits per heavy atom. The Morgan fingerprint density at radius 1 is 1.00 bits per heavy atom. The molecule has 3 atom stereocenters. The minimum Gasteiger partial charge on any atom is -0.388 e. The van der Waals surface area contributed by atoms with E-state index in [-0.39, 0.29) is 6.10 Å². The summed E-state index contributed by atoms with van der Waals surface area (Å²) in [6.45, 7) is 0. The smallest absolute Gasteiger partial charge is 0.0794 e. The third kappa shape index (κ3) is 2.30. The molecule has 1 saturated carbocycles. The third-order valence-corrected chi connectivity index (χ3v) is 5.27. The molecule has 3 rings (SSSR count). The van der Waals surface area contributed by atoms with Crippen LogP contribution in [-0.2, 0) is 0 Å². The van der Waals surface area contributed by atoms with Gasteiger partial charge in [-0.05, 0) is 25.7 Å². The van der Waals surface area contributed by atoms with Crippen LogP contribution in [0, 0.1) is 11.3 Å². The summed E-state index contributed by atoms with van der Waals surface area (Å²) in [5, 5.41) is 10.3. The monoisotopic (exact) mass is 246 g/mol. The fourth-order valence-electron chi connectivity index (χ4n) is 4.14. The molecule has 3 aliphatic rings. The van der Waals surface area contributed by atoms with Crippen molar-refractivity contribution in [3.05, 3.63) is 23.8 Å². The van der Waals surface area contributed by atoms with Gasteiger partial charge in [-0.1, -0.05) is 62.3 Å². The normalized spacial score (nSPS) is 40.8. The molecule has 0 radical (unpaired) electrons. The van der Waals surface area contributed by atoms with Gasteiger partial charge in [0.25, 0.3) is 0 Å². The summed E-state index contributed by atoms with van der Waals surface area (Å²) in [5.74, 6) is 0.421. The van der Waals surface area contributed by atoms with Gasteiger partial charge in [0.1, 0.15) is 0 Å². The highest BCUT2D eigenvalue weighted by atomic mass is 16.3. The second kappa shape index (κ2) is 5.21. The molecule has 18 heavy (non-hydrogen) atoms. The minimum atomic E-state index is -0.207. The summed E-state index contributed by atoms with van der Waals surface area (Å²) in [6.07, 6.45) is 20.0. The molecule has 0 aliphatic heterocycles. The van der Waals surface area contributed by atoms with Gasteiger partial charge < -0.3 is 5.11 Å². The second-order valence-electron chi connectivity index (χ2n) is 6.59. The fraction of sp³-hybridized carbons (Fsp3) is 0.765. The molecule has 1 heteroatoms. The average molecular weight is 246 g/mol. The van der Waals surface area contributed by atoms with Gasteiger partial charge in [0.2, 0.25) is 0 Å². The van der Waals surface area contributed by atoms with Gasteiger partial charge in [-0.3, -0.25) is 0 Å². The fourth-order valence-corrected chi connectivity index (χ4v) is 4.14. The first kappa shape index (κ1) is 12.5. The highest BCUT2D eigenvalue weighted by molar-refractivity contribution is 5.31. The quantitative estimate of drug-likeness (QED) is 0.629. The second-order valence-corrected chi connectivity index (χ2v) is 6.59. The van der Waals surface area contributed by atoms with Crippen LogP contribution in [0.2, 0.25) is 0 Å². The van der Waals surface area contributed by atoms with Crippen molar-refractivity contribution < 1.29 is 5.11 Å². The third-order valence-electron chi connectivity index (χ3n) is 5.27. The summed E-state index contributed by atoms with van der Waals surface area (Å²) in [6, 6.07) is 0. The molecule has 0 aromatic heterocycles. The zero-order valence-electron chi connectivity index (χ0n) is 11.4. The van der Waals surface area contributed by atoms with Crippen molar-refractivity contribution in [2.24, 2.45) is 11.3 Å². The van der Waals surface area contributed by atoms with Crippen LogP contribution in [0.15, 0.2) is 23.8 Å². The first-order valence-corrected chi connectivity index (χ1v) is 7.87. The molecule has 0 saturated heterocycles. The maximum Gasteiger partial charge on any atom is 0.0794 e. The van der Waals surface area contributed by atoms with E-state index in [2.05, 4.69) is 18.2 Å². The molecule has 100 valence electrons. The SMILES string of the molecule is O[C@@H]1C=C2CCCCCCCCC[C@@]3(C=C[C@H]13)C2. The number of aliphatic hydroxyl groups is 1. The average Bonchev–Trinajstić information content (AvgIpc) is 2.29. The summed E-state index contributed by atoms with van der Waals surface area (Å²) in [5.41, 5.74) is 1.87. The van der Waals surface area contributed by atoms with Crippen molar-refractivity contribution in [3.8, 4) is 0 Å². The van der Waals surface area contributed by atoms with Gasteiger partial charge in [0.15, 0.2) is 0 Å². The molecule has 3 aliphatic carbocycles. The zero-order valence-corrected chi connectivity index (χ0v) is 11.4. The van der Waals surface area contributed by atoms with Gasteiger partial charge in [0.05, 0.1) is 6.10 Å². The van der Waals surface area contributed by atoms with Crippen LogP contribution in [0.5, 0.6) is 0 Å². The van der Waals surface area contributed by atoms with E-state index < -0.39 is 0 Å². The van der Waals surface area contributed by atoms with E-state index in [1.54, 1.807) is 0 Å². The lowest BCUT2D eigenvalue weighted by atomic mass is 9.56. The lowest BCUT2D eigenvalue weighted by Gasteiger charge is -2.49. The van der Waals surface area contributed by atoms with Crippen LogP contribution in [0.3, 0.4) is 0 Å². The molecule has 1 fully saturated rings. The maximum atomic E-state index is 10.3. The van der Waals surface area contributed by atoms with Crippen molar-refractivity contribution in [3.63, 3.8) is 0 Å². The predicted molar refractivity (Wildman–Crippen MR) is 75.3 cm³/mol. The number of hydrogen-bond donors (Lipinski definition) is 1. The highest BCUT2D eigenvalue weighted by Gasteiger charge is 2.46. The Labute approximate surface area is 111 Å². The van der Waals surface area contributed by atoms with Crippen LogP contribution >= 0.6 is 0 Å². The van der Waals surface area contributed by atoms with Crippen LogP contribution in [0.25, 0.3) is 0 Å². The minimum absolute atomic E-state index is 0.207. The van der Waals surface area contributed by atoms with E-state index in [0.29, 0.717) is 11.3 Å². The van der Waals surface area contributed by atoms with Gasteiger partial charge >= 0.3 is 0 Å². The molecule has 1 N–H and O–H groups in total. The molecule has 2 bridgehead atoms. The van der Waals surface area contributed by atoms with Crippen molar-refractivity contribution in [2.45, 2.75) is 70.3 Å². The number of rotatable bonds is 0. The molecule has 0 aromatic rings. The Hall–Kier alpha value is -0.560. The van der Waals surface area contributed by atoms with Gasteiger partial charge in [-0.25, -0.2) is 0 Å². The highest BCUT2D eigenvalue weighted by Crippen LogP contribution is 2.53. The van der Waals surface area contributed by atoms with Gasteiger partial charge in [-0.15, -0.1) is 0 Å².